The minimum Gasteiger partial charge on any atom is -0.304 e. The first-order valence-electron chi connectivity index (χ1n) is 7.06. The van der Waals surface area contributed by atoms with Crippen molar-refractivity contribution in [3.8, 4) is 0 Å². The summed E-state index contributed by atoms with van der Waals surface area (Å²) in [6.45, 7) is 0.509. The molecule has 0 fully saturated rings. The van der Waals surface area contributed by atoms with E-state index in [1.165, 1.54) is 0 Å². The van der Waals surface area contributed by atoms with Crippen molar-refractivity contribution in [1.29, 1.82) is 0 Å². The molecule has 1 heterocycles. The third-order valence-electron chi connectivity index (χ3n) is 3.35. The Kier molecular flexibility index (Phi) is 5.23. The van der Waals surface area contributed by atoms with Crippen molar-refractivity contribution >= 4 is 50.9 Å². The fraction of sp³-hybridized carbons (Fsp3) is 0.0588. The third kappa shape index (κ3) is 3.98. The molecule has 0 aliphatic heterocycles. The molecule has 1 aromatic heterocycles. The number of amides is 1. The number of nitrogens with zero attached hydrogens (tertiary/aromatic N) is 2. The molecule has 7 heteroatoms. The number of carbonyl (C=O) groups excluding carboxylic acids is 1. The zero-order valence-electron chi connectivity index (χ0n) is 12.3. The smallest absolute Gasteiger partial charge is 0.256 e. The number of hydrogen-bond acceptors (Lipinski definition) is 2. The van der Waals surface area contributed by atoms with Gasteiger partial charge in [-0.1, -0.05) is 41.4 Å². The molecule has 0 bridgehead atoms. The normalized spacial score (nSPS) is 10.6. The number of benzene rings is 2. The van der Waals surface area contributed by atoms with Crippen molar-refractivity contribution in [2.75, 3.05) is 5.32 Å². The number of aromatic nitrogens is 2. The van der Waals surface area contributed by atoms with E-state index in [1.807, 2.05) is 24.3 Å². The van der Waals surface area contributed by atoms with E-state index in [-0.39, 0.29) is 5.91 Å². The molecule has 3 rings (SSSR count). The van der Waals surface area contributed by atoms with Gasteiger partial charge in [0.2, 0.25) is 0 Å². The minimum absolute atomic E-state index is 0.254. The van der Waals surface area contributed by atoms with E-state index >= 15 is 0 Å². The highest BCUT2D eigenvalue weighted by atomic mass is 79.9. The second kappa shape index (κ2) is 7.38. The second-order valence-electron chi connectivity index (χ2n) is 5.08. The minimum atomic E-state index is -0.254. The van der Waals surface area contributed by atoms with E-state index in [1.54, 1.807) is 35.1 Å². The van der Waals surface area contributed by atoms with Gasteiger partial charge in [0.25, 0.3) is 5.91 Å². The van der Waals surface area contributed by atoms with E-state index in [4.69, 9.17) is 23.2 Å². The lowest BCUT2D eigenvalue weighted by atomic mass is 10.2. The lowest BCUT2D eigenvalue weighted by Gasteiger charge is -2.04. The van der Waals surface area contributed by atoms with Crippen molar-refractivity contribution in [1.82, 2.24) is 9.78 Å². The summed E-state index contributed by atoms with van der Waals surface area (Å²) in [6.07, 6.45) is 1.79. The van der Waals surface area contributed by atoms with Crippen LogP contribution < -0.4 is 5.32 Å². The van der Waals surface area contributed by atoms with Crippen LogP contribution in [0, 0.1) is 0 Å². The molecule has 0 unspecified atom stereocenters. The van der Waals surface area contributed by atoms with Crippen LogP contribution in [0.25, 0.3) is 0 Å². The Labute approximate surface area is 157 Å². The average molecular weight is 425 g/mol. The van der Waals surface area contributed by atoms with Crippen molar-refractivity contribution < 1.29 is 4.79 Å². The van der Waals surface area contributed by atoms with Crippen molar-refractivity contribution in [2.24, 2.45) is 0 Å². The van der Waals surface area contributed by atoms with Gasteiger partial charge < -0.3 is 5.32 Å². The van der Waals surface area contributed by atoms with E-state index in [2.05, 4.69) is 26.3 Å². The lowest BCUT2D eigenvalue weighted by molar-refractivity contribution is 0.102. The van der Waals surface area contributed by atoms with Gasteiger partial charge >= 0.3 is 0 Å². The molecule has 1 N–H and O–H groups in total. The number of carbonyl (C=O) groups is 1. The Bertz CT molecular complexity index is 878. The molecule has 4 nitrogen and oxygen atoms in total. The molecule has 0 spiro atoms. The standard InChI is InChI=1S/C17H12BrCl2N3O/c18-14-10-23(9-12-3-1-2-4-15(12)20)22-16(14)21-17(24)11-5-7-13(19)8-6-11/h1-8,10H,9H2,(H,21,22,24). The Morgan fingerprint density at radius 3 is 2.54 bits per heavy atom. The number of halogens is 3. The molecule has 0 saturated carbocycles. The second-order valence-corrected chi connectivity index (χ2v) is 6.77. The molecule has 0 saturated heterocycles. The molecule has 0 radical (unpaired) electrons. The molecule has 0 aliphatic carbocycles. The summed E-state index contributed by atoms with van der Waals surface area (Å²) in [5.74, 6) is 0.192. The molecule has 122 valence electrons. The van der Waals surface area contributed by atoms with Gasteiger partial charge in [-0.3, -0.25) is 9.48 Å². The van der Waals surface area contributed by atoms with Crippen LogP contribution >= 0.6 is 39.1 Å². The monoisotopic (exact) mass is 423 g/mol. The van der Waals surface area contributed by atoms with Crippen LogP contribution in [-0.4, -0.2) is 15.7 Å². The Morgan fingerprint density at radius 1 is 1.12 bits per heavy atom. The first kappa shape index (κ1) is 17.0. The fourth-order valence-electron chi connectivity index (χ4n) is 2.14. The van der Waals surface area contributed by atoms with Gasteiger partial charge in [0.15, 0.2) is 5.82 Å². The Morgan fingerprint density at radius 2 is 1.83 bits per heavy atom. The van der Waals surface area contributed by atoms with Crippen LogP contribution in [0.4, 0.5) is 5.82 Å². The van der Waals surface area contributed by atoms with Crippen LogP contribution in [-0.2, 0) is 6.54 Å². The summed E-state index contributed by atoms with van der Waals surface area (Å²) in [5.41, 5.74) is 1.46. The predicted molar refractivity (Wildman–Crippen MR) is 99.9 cm³/mol. The fourth-order valence-corrected chi connectivity index (χ4v) is 2.88. The van der Waals surface area contributed by atoms with E-state index < -0.39 is 0 Å². The van der Waals surface area contributed by atoms with E-state index in [9.17, 15) is 4.79 Å². The summed E-state index contributed by atoms with van der Waals surface area (Å²) in [6, 6.07) is 14.2. The van der Waals surface area contributed by atoms with Gasteiger partial charge in [0.05, 0.1) is 11.0 Å². The van der Waals surface area contributed by atoms with E-state index in [0.29, 0.717) is 32.4 Å². The van der Waals surface area contributed by atoms with Gasteiger partial charge in [-0.05, 0) is 51.8 Å². The van der Waals surface area contributed by atoms with Crippen molar-refractivity contribution in [3.05, 3.63) is 80.4 Å². The molecule has 0 aliphatic rings. The van der Waals surface area contributed by atoms with Crippen molar-refractivity contribution in [3.63, 3.8) is 0 Å². The topological polar surface area (TPSA) is 46.9 Å². The third-order valence-corrected chi connectivity index (χ3v) is 4.55. The average Bonchev–Trinajstić information content (AvgIpc) is 2.90. The molecule has 24 heavy (non-hydrogen) atoms. The van der Waals surface area contributed by atoms with Crippen molar-refractivity contribution in [2.45, 2.75) is 6.54 Å². The van der Waals surface area contributed by atoms with E-state index in [0.717, 1.165) is 5.56 Å². The SMILES string of the molecule is O=C(Nc1nn(Cc2ccccc2Cl)cc1Br)c1ccc(Cl)cc1. The number of anilines is 1. The highest BCUT2D eigenvalue weighted by Gasteiger charge is 2.12. The number of nitrogens with one attached hydrogen (secondary N) is 1. The zero-order chi connectivity index (χ0) is 17.1. The maximum Gasteiger partial charge on any atom is 0.256 e. The maximum atomic E-state index is 12.3. The summed E-state index contributed by atoms with van der Waals surface area (Å²) < 4.78 is 2.40. The molecule has 2 aromatic carbocycles. The molecule has 0 atom stereocenters. The van der Waals surface area contributed by atoms with Gasteiger partial charge in [0, 0.05) is 21.8 Å². The van der Waals surface area contributed by atoms with Gasteiger partial charge in [-0.2, -0.15) is 5.10 Å². The van der Waals surface area contributed by atoms with Gasteiger partial charge in [-0.25, -0.2) is 0 Å². The van der Waals surface area contributed by atoms with Crippen LogP contribution in [0.1, 0.15) is 15.9 Å². The molecule has 3 aromatic rings. The maximum absolute atomic E-state index is 12.3. The van der Waals surface area contributed by atoms with Gasteiger partial charge in [-0.15, -0.1) is 0 Å². The van der Waals surface area contributed by atoms with Gasteiger partial charge in [0.1, 0.15) is 0 Å². The number of hydrogen-bond donors (Lipinski definition) is 1. The quantitative estimate of drug-likeness (QED) is 0.621. The predicted octanol–water partition coefficient (Wildman–Crippen LogP) is 5.25. The first-order valence-corrected chi connectivity index (χ1v) is 8.61. The van der Waals surface area contributed by atoms with Crippen LogP contribution in [0.3, 0.4) is 0 Å². The highest BCUT2D eigenvalue weighted by Crippen LogP contribution is 2.23. The first-order chi connectivity index (χ1) is 11.5. The molecular weight excluding hydrogens is 413 g/mol. The Balaban J connectivity index is 1.75. The largest absolute Gasteiger partial charge is 0.304 e. The lowest BCUT2D eigenvalue weighted by Crippen LogP contribution is -2.13. The molecular formula is C17H12BrCl2N3O. The summed E-state index contributed by atoms with van der Waals surface area (Å²) in [5, 5.41) is 8.41. The summed E-state index contributed by atoms with van der Waals surface area (Å²) in [7, 11) is 0. The highest BCUT2D eigenvalue weighted by molar-refractivity contribution is 9.10. The Hall–Kier alpha value is -1.82. The summed E-state index contributed by atoms with van der Waals surface area (Å²) >= 11 is 15.4. The van der Waals surface area contributed by atoms with Crippen LogP contribution in [0.5, 0.6) is 0 Å². The van der Waals surface area contributed by atoms with Crippen LogP contribution in [0.2, 0.25) is 10.0 Å². The van der Waals surface area contributed by atoms with Crippen LogP contribution in [0.15, 0.2) is 59.2 Å². The summed E-state index contributed by atoms with van der Waals surface area (Å²) in [4.78, 5) is 12.3. The molecule has 1 amide bonds. The zero-order valence-corrected chi connectivity index (χ0v) is 15.4. The number of rotatable bonds is 4.